The first kappa shape index (κ1) is 13.4. The number of pyridine rings is 1. The summed E-state index contributed by atoms with van der Waals surface area (Å²) in [6.07, 6.45) is 3.71. The highest BCUT2D eigenvalue weighted by Gasteiger charge is 2.15. The normalized spacial score (nSPS) is 10.5. The monoisotopic (exact) mass is 260 g/mol. The van der Waals surface area contributed by atoms with Crippen molar-refractivity contribution in [2.45, 2.75) is 26.8 Å². The van der Waals surface area contributed by atoms with E-state index >= 15 is 0 Å². The Bertz CT molecular complexity index is 530. The molecule has 0 N–H and O–H groups in total. The molecular formula is C14H17FN4. The van der Waals surface area contributed by atoms with Gasteiger partial charge in [-0.3, -0.25) is 4.98 Å². The van der Waals surface area contributed by atoms with Crippen LogP contribution in [0.5, 0.6) is 0 Å². The number of hydrogen-bond donors (Lipinski definition) is 0. The summed E-state index contributed by atoms with van der Waals surface area (Å²) in [4.78, 5) is 14.1. The largest absolute Gasteiger partial charge is 0.348 e. The minimum absolute atomic E-state index is 0.331. The Morgan fingerprint density at radius 3 is 2.63 bits per heavy atom. The van der Waals surface area contributed by atoms with Gasteiger partial charge >= 0.3 is 0 Å². The summed E-state index contributed by atoms with van der Waals surface area (Å²) in [6.45, 7) is 5.04. The Morgan fingerprint density at radius 1 is 1.16 bits per heavy atom. The van der Waals surface area contributed by atoms with E-state index in [0.29, 0.717) is 31.0 Å². The molecule has 0 saturated heterocycles. The van der Waals surface area contributed by atoms with E-state index in [4.69, 9.17) is 0 Å². The molecule has 0 amide bonds. The van der Waals surface area contributed by atoms with Crippen LogP contribution < -0.4 is 4.90 Å². The van der Waals surface area contributed by atoms with Crippen LogP contribution >= 0.6 is 0 Å². The Hall–Kier alpha value is -2.04. The van der Waals surface area contributed by atoms with E-state index in [9.17, 15) is 4.39 Å². The molecule has 0 aliphatic carbocycles. The first-order chi connectivity index (χ1) is 9.26. The Kier molecular flexibility index (Phi) is 4.39. The fourth-order valence-electron chi connectivity index (χ4n) is 1.89. The van der Waals surface area contributed by atoms with Crippen molar-refractivity contribution < 1.29 is 4.39 Å². The predicted molar refractivity (Wildman–Crippen MR) is 72.3 cm³/mol. The average Bonchev–Trinajstić information content (AvgIpc) is 2.46. The molecule has 2 heterocycles. The van der Waals surface area contributed by atoms with Crippen molar-refractivity contribution in [3.8, 4) is 0 Å². The van der Waals surface area contributed by atoms with Crippen LogP contribution in [0.25, 0.3) is 0 Å². The molecule has 100 valence electrons. The van der Waals surface area contributed by atoms with Crippen molar-refractivity contribution in [3.63, 3.8) is 0 Å². The number of aryl methyl sites for hydroxylation is 1. The zero-order valence-electron chi connectivity index (χ0n) is 11.2. The minimum atomic E-state index is -0.331. The van der Waals surface area contributed by atoms with Crippen molar-refractivity contribution in [2.75, 3.05) is 11.4 Å². The van der Waals surface area contributed by atoms with Crippen LogP contribution in [0.3, 0.4) is 0 Å². The summed E-state index contributed by atoms with van der Waals surface area (Å²) in [5, 5.41) is 0. The maximum Gasteiger partial charge on any atom is 0.187 e. The third-order valence-corrected chi connectivity index (χ3v) is 2.94. The van der Waals surface area contributed by atoms with Crippen LogP contribution in [0.4, 0.5) is 10.2 Å². The number of nitrogens with zero attached hydrogens (tertiary/aromatic N) is 4. The maximum atomic E-state index is 14.2. The summed E-state index contributed by atoms with van der Waals surface area (Å²) < 4.78 is 14.2. The highest BCUT2D eigenvalue weighted by Crippen LogP contribution is 2.19. The summed E-state index contributed by atoms with van der Waals surface area (Å²) in [5.74, 6) is 0.0165. The smallest absolute Gasteiger partial charge is 0.187 e. The number of anilines is 1. The quantitative estimate of drug-likeness (QED) is 0.828. The first-order valence-electron chi connectivity index (χ1n) is 6.40. The lowest BCUT2D eigenvalue weighted by Gasteiger charge is -2.22. The van der Waals surface area contributed by atoms with Gasteiger partial charge in [-0.2, -0.15) is 0 Å². The van der Waals surface area contributed by atoms with Gasteiger partial charge in [-0.25, -0.2) is 14.4 Å². The molecule has 0 radical (unpaired) electrons. The number of aromatic nitrogens is 3. The van der Waals surface area contributed by atoms with Gasteiger partial charge in [0.2, 0.25) is 0 Å². The van der Waals surface area contributed by atoms with E-state index in [2.05, 4.69) is 15.0 Å². The van der Waals surface area contributed by atoms with Crippen molar-refractivity contribution in [2.24, 2.45) is 0 Å². The van der Waals surface area contributed by atoms with Crippen LogP contribution in [0.15, 0.2) is 30.7 Å². The number of halogens is 1. The molecule has 4 nitrogen and oxygen atoms in total. The molecule has 0 atom stereocenters. The molecule has 0 aliphatic rings. The van der Waals surface area contributed by atoms with Crippen LogP contribution in [-0.4, -0.2) is 21.5 Å². The second-order valence-corrected chi connectivity index (χ2v) is 4.15. The molecule has 2 aromatic rings. The molecule has 0 bridgehead atoms. The Morgan fingerprint density at radius 2 is 2.00 bits per heavy atom. The Balaban J connectivity index is 2.27. The molecular weight excluding hydrogens is 243 g/mol. The van der Waals surface area contributed by atoms with Crippen LogP contribution in [0, 0.1) is 5.82 Å². The van der Waals surface area contributed by atoms with E-state index in [-0.39, 0.29) is 5.82 Å². The predicted octanol–water partition coefficient (Wildman–Crippen LogP) is 2.60. The summed E-state index contributed by atoms with van der Waals surface area (Å²) in [7, 11) is 0. The summed E-state index contributed by atoms with van der Waals surface area (Å²) in [6, 6.07) is 5.70. The summed E-state index contributed by atoms with van der Waals surface area (Å²) >= 11 is 0. The minimum Gasteiger partial charge on any atom is -0.348 e. The average molecular weight is 260 g/mol. The summed E-state index contributed by atoms with van der Waals surface area (Å²) in [5.41, 5.74) is 1.34. The fourth-order valence-corrected chi connectivity index (χ4v) is 1.89. The van der Waals surface area contributed by atoms with E-state index in [1.807, 2.05) is 36.9 Å². The highest BCUT2D eigenvalue weighted by atomic mass is 19.1. The van der Waals surface area contributed by atoms with Crippen LogP contribution in [0.1, 0.15) is 25.2 Å². The lowest BCUT2D eigenvalue weighted by atomic mass is 10.2. The number of hydrogen-bond acceptors (Lipinski definition) is 4. The van der Waals surface area contributed by atoms with Crippen LogP contribution in [-0.2, 0) is 13.0 Å². The van der Waals surface area contributed by atoms with Gasteiger partial charge in [0.15, 0.2) is 11.6 Å². The molecule has 0 spiro atoms. The van der Waals surface area contributed by atoms with Crippen molar-refractivity contribution in [1.82, 2.24) is 15.0 Å². The fraction of sp³-hybridized carbons (Fsp3) is 0.357. The van der Waals surface area contributed by atoms with Gasteiger partial charge in [0, 0.05) is 12.7 Å². The van der Waals surface area contributed by atoms with Gasteiger partial charge in [0.25, 0.3) is 0 Å². The highest BCUT2D eigenvalue weighted by molar-refractivity contribution is 5.41. The lowest BCUT2D eigenvalue weighted by molar-refractivity contribution is 0.582. The zero-order chi connectivity index (χ0) is 13.7. The van der Waals surface area contributed by atoms with Gasteiger partial charge in [-0.05, 0) is 25.5 Å². The van der Waals surface area contributed by atoms with Crippen molar-refractivity contribution in [1.29, 1.82) is 0 Å². The first-order valence-corrected chi connectivity index (χ1v) is 6.40. The lowest BCUT2D eigenvalue weighted by Crippen LogP contribution is -2.25. The van der Waals surface area contributed by atoms with E-state index in [1.54, 1.807) is 6.20 Å². The van der Waals surface area contributed by atoms with Gasteiger partial charge < -0.3 is 4.90 Å². The second kappa shape index (κ2) is 6.22. The van der Waals surface area contributed by atoms with Gasteiger partial charge in [0.05, 0.1) is 17.9 Å². The molecule has 5 heteroatoms. The van der Waals surface area contributed by atoms with Gasteiger partial charge in [0.1, 0.15) is 6.33 Å². The van der Waals surface area contributed by atoms with Gasteiger partial charge in [-0.15, -0.1) is 0 Å². The van der Waals surface area contributed by atoms with Crippen molar-refractivity contribution in [3.05, 3.63) is 47.9 Å². The van der Waals surface area contributed by atoms with E-state index in [1.165, 1.54) is 6.33 Å². The Labute approximate surface area is 112 Å². The molecule has 19 heavy (non-hydrogen) atoms. The van der Waals surface area contributed by atoms with E-state index in [0.717, 1.165) is 5.69 Å². The van der Waals surface area contributed by atoms with Crippen molar-refractivity contribution >= 4 is 5.82 Å². The standard InChI is InChI=1S/C14H17FN4/c1-3-12-13(15)14(18-10-17-12)19(4-2)9-11-7-5-6-8-16-11/h5-8,10H,3-4,9H2,1-2H3. The SMILES string of the molecule is CCc1ncnc(N(CC)Cc2ccccn2)c1F. The molecule has 2 rings (SSSR count). The molecule has 0 saturated carbocycles. The van der Waals surface area contributed by atoms with E-state index < -0.39 is 0 Å². The number of rotatable bonds is 5. The molecule has 0 aromatic carbocycles. The topological polar surface area (TPSA) is 41.9 Å². The third-order valence-electron chi connectivity index (χ3n) is 2.94. The third kappa shape index (κ3) is 3.05. The molecule has 0 fully saturated rings. The van der Waals surface area contributed by atoms with Gasteiger partial charge in [-0.1, -0.05) is 13.0 Å². The van der Waals surface area contributed by atoms with Crippen LogP contribution in [0.2, 0.25) is 0 Å². The molecule has 0 unspecified atom stereocenters. The second-order valence-electron chi connectivity index (χ2n) is 4.15. The zero-order valence-corrected chi connectivity index (χ0v) is 11.2. The maximum absolute atomic E-state index is 14.2. The molecule has 2 aromatic heterocycles. The molecule has 0 aliphatic heterocycles.